The zero-order valence-electron chi connectivity index (χ0n) is 15.3. The first kappa shape index (κ1) is 19.8. The predicted molar refractivity (Wildman–Crippen MR) is 98.3 cm³/mol. The number of esters is 1. The number of carbonyl (C=O) groups is 2. The number of amides is 1. The van der Waals surface area contributed by atoms with E-state index in [9.17, 15) is 9.59 Å². The van der Waals surface area contributed by atoms with Gasteiger partial charge in [-0.2, -0.15) is 0 Å². The van der Waals surface area contributed by atoms with Crippen molar-refractivity contribution < 1.29 is 23.6 Å². The summed E-state index contributed by atoms with van der Waals surface area (Å²) in [5.41, 5.74) is 2.99. The molecule has 0 radical (unpaired) electrons. The Morgan fingerprint density at radius 3 is 2.65 bits per heavy atom. The van der Waals surface area contributed by atoms with Crippen molar-refractivity contribution in [3.63, 3.8) is 0 Å². The number of hydrogen-bond acceptors (Lipinski definition) is 7. The van der Waals surface area contributed by atoms with E-state index in [1.165, 1.54) is 26.0 Å². The maximum absolute atomic E-state index is 12.0. The fourth-order valence-electron chi connectivity index (χ4n) is 2.34. The molecule has 26 heavy (non-hydrogen) atoms. The number of hydrogen-bond donors (Lipinski definition) is 1. The van der Waals surface area contributed by atoms with Crippen LogP contribution in [0.3, 0.4) is 0 Å². The summed E-state index contributed by atoms with van der Waals surface area (Å²) in [6, 6.07) is 5.13. The molecule has 0 atom stereocenters. The van der Waals surface area contributed by atoms with Crippen LogP contribution in [0.15, 0.2) is 22.7 Å². The van der Waals surface area contributed by atoms with E-state index >= 15 is 0 Å². The molecule has 0 saturated carbocycles. The summed E-state index contributed by atoms with van der Waals surface area (Å²) < 4.78 is 15.0. The average Bonchev–Trinajstić information content (AvgIpc) is 2.97. The van der Waals surface area contributed by atoms with Crippen molar-refractivity contribution in [3.05, 3.63) is 46.3 Å². The van der Waals surface area contributed by atoms with Gasteiger partial charge in [0.25, 0.3) is 0 Å². The number of aromatic nitrogens is 1. The molecule has 1 aromatic heterocycles. The quantitative estimate of drug-likeness (QED) is 0.706. The Morgan fingerprint density at radius 2 is 2.04 bits per heavy atom. The van der Waals surface area contributed by atoms with Crippen LogP contribution in [-0.2, 0) is 21.8 Å². The lowest BCUT2D eigenvalue weighted by atomic mass is 10.1. The molecule has 0 aliphatic carbocycles. The normalized spacial score (nSPS) is 10.5. The van der Waals surface area contributed by atoms with Gasteiger partial charge in [0.1, 0.15) is 17.1 Å². The lowest BCUT2D eigenvalue weighted by Crippen LogP contribution is -2.24. The van der Waals surface area contributed by atoms with Crippen LogP contribution >= 0.6 is 11.8 Å². The summed E-state index contributed by atoms with van der Waals surface area (Å²) in [7, 11) is 2.80. The van der Waals surface area contributed by atoms with Gasteiger partial charge < -0.3 is 19.3 Å². The monoisotopic (exact) mass is 378 g/mol. The van der Waals surface area contributed by atoms with Crippen LogP contribution in [0.25, 0.3) is 0 Å². The highest BCUT2D eigenvalue weighted by Gasteiger charge is 2.14. The number of nitrogens with zero attached hydrogens (tertiary/aromatic N) is 1. The number of aryl methyl sites for hydroxylation is 2. The molecule has 1 aromatic carbocycles. The van der Waals surface area contributed by atoms with E-state index in [4.69, 9.17) is 14.0 Å². The van der Waals surface area contributed by atoms with Crippen LogP contribution in [-0.4, -0.2) is 37.0 Å². The molecule has 0 fully saturated rings. The molecule has 0 saturated heterocycles. The van der Waals surface area contributed by atoms with E-state index in [0.717, 1.165) is 22.6 Å². The van der Waals surface area contributed by atoms with Crippen LogP contribution in [0.2, 0.25) is 0 Å². The number of nitrogens with one attached hydrogen (secondary N) is 1. The minimum atomic E-state index is -0.481. The summed E-state index contributed by atoms with van der Waals surface area (Å²) >= 11 is 1.49. The molecule has 2 aromatic rings. The van der Waals surface area contributed by atoms with Crippen LogP contribution in [0.1, 0.15) is 32.9 Å². The smallest absolute Gasteiger partial charge is 0.341 e. The fourth-order valence-corrected chi connectivity index (χ4v) is 3.35. The molecule has 0 spiro atoms. The van der Waals surface area contributed by atoms with Gasteiger partial charge in [-0.25, -0.2) is 4.79 Å². The second-order valence-corrected chi connectivity index (χ2v) is 6.58. The third-order valence-corrected chi connectivity index (χ3v) is 4.78. The van der Waals surface area contributed by atoms with Gasteiger partial charge in [-0.3, -0.25) is 4.79 Å². The van der Waals surface area contributed by atoms with E-state index in [-0.39, 0.29) is 5.91 Å². The second-order valence-electron chi connectivity index (χ2n) is 5.60. The number of benzene rings is 1. The SMILES string of the molecule is COC(=O)c1cc(CNC(=O)CSCc2c(C)noc2C)ccc1OC. The lowest BCUT2D eigenvalue weighted by Gasteiger charge is -2.10. The van der Waals surface area contributed by atoms with Crippen LogP contribution in [0, 0.1) is 13.8 Å². The Labute approximate surface area is 156 Å². The van der Waals surface area contributed by atoms with Gasteiger partial charge in [-0.1, -0.05) is 11.2 Å². The highest BCUT2D eigenvalue weighted by molar-refractivity contribution is 7.99. The van der Waals surface area contributed by atoms with Crippen molar-refractivity contribution in [1.82, 2.24) is 10.5 Å². The topological polar surface area (TPSA) is 90.7 Å². The highest BCUT2D eigenvalue weighted by Crippen LogP contribution is 2.21. The van der Waals surface area contributed by atoms with E-state index in [0.29, 0.717) is 29.4 Å². The van der Waals surface area contributed by atoms with Crippen LogP contribution in [0.4, 0.5) is 0 Å². The third-order valence-electron chi connectivity index (χ3n) is 3.82. The zero-order valence-corrected chi connectivity index (χ0v) is 16.1. The van der Waals surface area contributed by atoms with Crippen molar-refractivity contribution in [1.29, 1.82) is 0 Å². The van der Waals surface area contributed by atoms with Gasteiger partial charge in [0.05, 0.1) is 25.7 Å². The fraction of sp³-hybridized carbons (Fsp3) is 0.389. The molecule has 7 nitrogen and oxygen atoms in total. The number of carbonyl (C=O) groups excluding carboxylic acids is 2. The first-order valence-corrected chi connectivity index (χ1v) is 9.13. The number of rotatable bonds is 8. The Kier molecular flexibility index (Phi) is 7.08. The van der Waals surface area contributed by atoms with Crippen molar-refractivity contribution in [2.24, 2.45) is 0 Å². The zero-order chi connectivity index (χ0) is 19.1. The van der Waals surface area contributed by atoms with Crippen LogP contribution in [0.5, 0.6) is 5.75 Å². The summed E-state index contributed by atoms with van der Waals surface area (Å²) in [6.45, 7) is 4.06. The molecule has 0 unspecified atom stereocenters. The van der Waals surface area contributed by atoms with E-state index in [1.54, 1.807) is 18.2 Å². The molecule has 0 aliphatic rings. The van der Waals surface area contributed by atoms with Crippen LogP contribution < -0.4 is 10.1 Å². The standard InChI is InChI=1S/C18H22N2O5S/c1-11-15(12(2)25-20-11)9-26-10-17(21)19-8-13-5-6-16(23-3)14(7-13)18(22)24-4/h5-7H,8-10H2,1-4H3,(H,19,21). The summed E-state index contributed by atoms with van der Waals surface area (Å²) in [6.07, 6.45) is 0. The van der Waals surface area contributed by atoms with E-state index in [2.05, 4.69) is 10.5 Å². The number of methoxy groups -OCH3 is 2. The number of thioether (sulfide) groups is 1. The van der Waals surface area contributed by atoms with Gasteiger partial charge in [-0.05, 0) is 31.5 Å². The van der Waals surface area contributed by atoms with Gasteiger partial charge in [0, 0.05) is 17.9 Å². The van der Waals surface area contributed by atoms with E-state index in [1.807, 2.05) is 13.8 Å². The molecule has 1 amide bonds. The van der Waals surface area contributed by atoms with Gasteiger partial charge in [0.15, 0.2) is 0 Å². The Morgan fingerprint density at radius 1 is 1.27 bits per heavy atom. The molecule has 2 rings (SSSR count). The lowest BCUT2D eigenvalue weighted by molar-refractivity contribution is -0.118. The molecule has 0 aliphatic heterocycles. The van der Waals surface area contributed by atoms with E-state index < -0.39 is 5.97 Å². The molecule has 0 bridgehead atoms. The molecule has 140 valence electrons. The minimum Gasteiger partial charge on any atom is -0.496 e. The number of ether oxygens (including phenoxy) is 2. The van der Waals surface area contributed by atoms with Crippen molar-refractivity contribution in [3.8, 4) is 5.75 Å². The molecular weight excluding hydrogens is 356 g/mol. The Bertz CT molecular complexity index is 768. The minimum absolute atomic E-state index is 0.0859. The third kappa shape index (κ3) is 5.01. The first-order chi connectivity index (χ1) is 12.5. The molecule has 1 N–H and O–H groups in total. The van der Waals surface area contributed by atoms with Gasteiger partial charge in [0.2, 0.25) is 5.91 Å². The summed E-state index contributed by atoms with van der Waals surface area (Å²) in [5, 5.41) is 6.73. The summed E-state index contributed by atoms with van der Waals surface area (Å²) in [5.74, 6) is 1.64. The maximum Gasteiger partial charge on any atom is 0.341 e. The Hall–Kier alpha value is -2.48. The van der Waals surface area contributed by atoms with Gasteiger partial charge >= 0.3 is 5.97 Å². The molecule has 1 heterocycles. The highest BCUT2D eigenvalue weighted by atomic mass is 32.2. The average molecular weight is 378 g/mol. The first-order valence-electron chi connectivity index (χ1n) is 7.97. The molecular formula is C18H22N2O5S. The second kappa shape index (κ2) is 9.28. The summed E-state index contributed by atoms with van der Waals surface area (Å²) in [4.78, 5) is 23.8. The van der Waals surface area contributed by atoms with Gasteiger partial charge in [-0.15, -0.1) is 11.8 Å². The van der Waals surface area contributed by atoms with Crippen molar-refractivity contribution in [2.75, 3.05) is 20.0 Å². The molecule has 8 heteroatoms. The Balaban J connectivity index is 1.86. The predicted octanol–water partition coefficient (Wildman–Crippen LogP) is 2.64. The maximum atomic E-state index is 12.0. The van der Waals surface area contributed by atoms with Crippen molar-refractivity contribution >= 4 is 23.6 Å². The van der Waals surface area contributed by atoms with Crippen molar-refractivity contribution in [2.45, 2.75) is 26.1 Å². The largest absolute Gasteiger partial charge is 0.496 e.